The van der Waals surface area contributed by atoms with E-state index >= 15 is 0 Å². The number of rotatable bonds is 2. The van der Waals surface area contributed by atoms with Crippen molar-refractivity contribution in [2.75, 3.05) is 18.0 Å². The number of anilines is 1. The van der Waals surface area contributed by atoms with Crippen LogP contribution in [0, 0.1) is 0 Å². The maximum atomic E-state index is 12.4. The third-order valence-electron chi connectivity index (χ3n) is 5.15. The minimum absolute atomic E-state index is 0.0507. The summed E-state index contributed by atoms with van der Waals surface area (Å²) in [5, 5.41) is 0. The molecule has 2 aliphatic rings. The van der Waals surface area contributed by atoms with E-state index in [0.29, 0.717) is 6.54 Å². The molecule has 1 fully saturated rings. The molecule has 2 aliphatic heterocycles. The first-order chi connectivity index (χ1) is 8.94. The molecule has 1 aromatic rings. The van der Waals surface area contributed by atoms with Crippen molar-refractivity contribution < 1.29 is 4.79 Å². The van der Waals surface area contributed by atoms with E-state index in [0.717, 1.165) is 13.0 Å². The Morgan fingerprint density at radius 2 is 1.89 bits per heavy atom. The van der Waals surface area contributed by atoms with E-state index in [1.807, 2.05) is 0 Å². The summed E-state index contributed by atoms with van der Waals surface area (Å²) in [6.45, 7) is 10.2. The van der Waals surface area contributed by atoms with Crippen LogP contribution in [0.4, 0.5) is 5.69 Å². The van der Waals surface area contributed by atoms with Crippen molar-refractivity contribution >= 4 is 11.6 Å². The zero-order chi connectivity index (χ0) is 13.8. The van der Waals surface area contributed by atoms with E-state index in [2.05, 4.69) is 61.8 Å². The third-order valence-corrected chi connectivity index (χ3v) is 5.15. The molecule has 0 spiro atoms. The molecule has 1 aromatic carbocycles. The van der Waals surface area contributed by atoms with Gasteiger partial charge in [0.05, 0.1) is 6.54 Å². The zero-order valence-electron chi connectivity index (χ0n) is 12.2. The van der Waals surface area contributed by atoms with Gasteiger partial charge in [0.1, 0.15) is 5.66 Å². The van der Waals surface area contributed by atoms with Gasteiger partial charge in [-0.05, 0) is 25.0 Å². The molecule has 19 heavy (non-hydrogen) atoms. The number of para-hydroxylation sites is 1. The number of fused-ring (bicyclic) bond motifs is 3. The third kappa shape index (κ3) is 1.31. The maximum Gasteiger partial charge on any atom is 0.244 e. The van der Waals surface area contributed by atoms with Gasteiger partial charge in [-0.1, -0.05) is 39.0 Å². The summed E-state index contributed by atoms with van der Waals surface area (Å²) in [6, 6.07) is 8.50. The lowest BCUT2D eigenvalue weighted by Gasteiger charge is -2.46. The van der Waals surface area contributed by atoms with Crippen LogP contribution >= 0.6 is 0 Å². The number of carbonyl (C=O) groups excluding carboxylic acids is 1. The molecule has 1 atom stereocenters. The van der Waals surface area contributed by atoms with Crippen LogP contribution in [0.5, 0.6) is 0 Å². The van der Waals surface area contributed by atoms with Crippen molar-refractivity contribution in [1.82, 2.24) is 4.90 Å². The van der Waals surface area contributed by atoms with E-state index in [-0.39, 0.29) is 17.0 Å². The second-order valence-corrected chi connectivity index (χ2v) is 6.29. The van der Waals surface area contributed by atoms with Crippen LogP contribution in [0.2, 0.25) is 0 Å². The number of amides is 1. The standard InChI is InChI=1S/C16H22N2O/c1-5-10-17-14(19)11-18-13-9-7-6-8-12(13)15(2,3)16(17,18)4/h6-9H,5,10-11H2,1-4H3/t16-/m1/s1. The van der Waals surface area contributed by atoms with Gasteiger partial charge in [0, 0.05) is 17.6 Å². The van der Waals surface area contributed by atoms with Crippen molar-refractivity contribution in [3.05, 3.63) is 29.8 Å². The molecular formula is C16H22N2O. The number of hydrogen-bond acceptors (Lipinski definition) is 2. The summed E-state index contributed by atoms with van der Waals surface area (Å²) in [7, 11) is 0. The average Bonchev–Trinajstić information content (AvgIpc) is 2.73. The van der Waals surface area contributed by atoms with Crippen LogP contribution in [0.1, 0.15) is 39.7 Å². The number of carbonyl (C=O) groups is 1. The Kier molecular flexibility index (Phi) is 2.47. The highest BCUT2D eigenvalue weighted by Gasteiger charge is 2.61. The van der Waals surface area contributed by atoms with E-state index in [4.69, 9.17) is 0 Å². The van der Waals surface area contributed by atoms with Crippen LogP contribution in [0.15, 0.2) is 24.3 Å². The second kappa shape index (κ2) is 3.75. The molecule has 0 aliphatic carbocycles. The van der Waals surface area contributed by atoms with Crippen molar-refractivity contribution in [2.24, 2.45) is 0 Å². The molecule has 3 rings (SSSR count). The van der Waals surface area contributed by atoms with Gasteiger partial charge in [-0.3, -0.25) is 4.79 Å². The summed E-state index contributed by atoms with van der Waals surface area (Å²) in [6.07, 6.45) is 1.00. The SMILES string of the molecule is CCCN1C(=O)CN2c3ccccc3C(C)(C)[C@]12C. The Morgan fingerprint density at radius 1 is 1.21 bits per heavy atom. The quantitative estimate of drug-likeness (QED) is 0.814. The number of benzene rings is 1. The highest BCUT2D eigenvalue weighted by Crippen LogP contribution is 2.55. The summed E-state index contributed by atoms with van der Waals surface area (Å²) < 4.78 is 0. The van der Waals surface area contributed by atoms with Gasteiger partial charge < -0.3 is 9.80 Å². The van der Waals surface area contributed by atoms with Gasteiger partial charge in [-0.25, -0.2) is 0 Å². The molecule has 1 saturated heterocycles. The normalized spacial score (nSPS) is 27.7. The Hall–Kier alpha value is -1.51. The lowest BCUT2D eigenvalue weighted by molar-refractivity contribution is -0.131. The first-order valence-electron chi connectivity index (χ1n) is 7.12. The summed E-state index contributed by atoms with van der Waals surface area (Å²) in [4.78, 5) is 16.7. The Balaban J connectivity index is 2.18. The fraction of sp³-hybridized carbons (Fsp3) is 0.562. The van der Waals surface area contributed by atoms with Gasteiger partial charge in [0.2, 0.25) is 5.91 Å². The molecule has 1 amide bonds. The Morgan fingerprint density at radius 3 is 2.58 bits per heavy atom. The molecule has 3 heteroatoms. The molecule has 0 unspecified atom stereocenters. The van der Waals surface area contributed by atoms with Crippen LogP contribution in [0.3, 0.4) is 0 Å². The monoisotopic (exact) mass is 258 g/mol. The molecule has 0 bridgehead atoms. The highest BCUT2D eigenvalue weighted by molar-refractivity contribution is 5.90. The van der Waals surface area contributed by atoms with Crippen LogP contribution in [-0.2, 0) is 10.2 Å². The molecule has 0 radical (unpaired) electrons. The molecule has 102 valence electrons. The smallest absolute Gasteiger partial charge is 0.244 e. The average molecular weight is 258 g/mol. The van der Waals surface area contributed by atoms with Crippen LogP contribution < -0.4 is 4.90 Å². The molecule has 2 heterocycles. The predicted octanol–water partition coefficient (Wildman–Crippen LogP) is 2.75. The summed E-state index contributed by atoms with van der Waals surface area (Å²) >= 11 is 0. The highest BCUT2D eigenvalue weighted by atomic mass is 16.2. The van der Waals surface area contributed by atoms with E-state index < -0.39 is 0 Å². The molecule has 0 N–H and O–H groups in total. The molecule has 3 nitrogen and oxygen atoms in total. The van der Waals surface area contributed by atoms with E-state index in [9.17, 15) is 4.79 Å². The van der Waals surface area contributed by atoms with Gasteiger partial charge in [0.15, 0.2) is 0 Å². The Labute approximate surface area is 115 Å². The fourth-order valence-electron chi connectivity index (χ4n) is 3.82. The van der Waals surface area contributed by atoms with Crippen LogP contribution in [-0.4, -0.2) is 29.6 Å². The van der Waals surface area contributed by atoms with E-state index in [1.54, 1.807) is 0 Å². The predicted molar refractivity (Wildman–Crippen MR) is 77.2 cm³/mol. The zero-order valence-corrected chi connectivity index (χ0v) is 12.2. The van der Waals surface area contributed by atoms with Crippen molar-refractivity contribution in [3.8, 4) is 0 Å². The first-order valence-corrected chi connectivity index (χ1v) is 7.12. The van der Waals surface area contributed by atoms with Crippen molar-refractivity contribution in [2.45, 2.75) is 45.2 Å². The topological polar surface area (TPSA) is 23.6 Å². The van der Waals surface area contributed by atoms with Crippen LogP contribution in [0.25, 0.3) is 0 Å². The largest absolute Gasteiger partial charge is 0.338 e. The van der Waals surface area contributed by atoms with Crippen molar-refractivity contribution in [3.63, 3.8) is 0 Å². The Bertz CT molecular complexity index is 537. The molecule has 0 aromatic heterocycles. The minimum atomic E-state index is -0.232. The van der Waals surface area contributed by atoms with Gasteiger partial charge in [0.25, 0.3) is 0 Å². The fourth-order valence-corrected chi connectivity index (χ4v) is 3.82. The molecular weight excluding hydrogens is 236 g/mol. The summed E-state index contributed by atoms with van der Waals surface area (Å²) in [5.74, 6) is 0.256. The van der Waals surface area contributed by atoms with E-state index in [1.165, 1.54) is 11.3 Å². The second-order valence-electron chi connectivity index (χ2n) is 6.29. The lowest BCUT2D eigenvalue weighted by atomic mass is 9.76. The van der Waals surface area contributed by atoms with Crippen molar-refractivity contribution in [1.29, 1.82) is 0 Å². The van der Waals surface area contributed by atoms with Gasteiger partial charge in [-0.2, -0.15) is 0 Å². The number of nitrogens with zero attached hydrogens (tertiary/aromatic N) is 2. The maximum absolute atomic E-state index is 12.4. The van der Waals surface area contributed by atoms with Gasteiger partial charge >= 0.3 is 0 Å². The summed E-state index contributed by atoms with van der Waals surface area (Å²) in [5.41, 5.74) is 2.29. The lowest BCUT2D eigenvalue weighted by Crippen LogP contribution is -2.59. The molecule has 0 saturated carbocycles. The first kappa shape index (κ1) is 12.5. The van der Waals surface area contributed by atoms with Gasteiger partial charge in [-0.15, -0.1) is 0 Å². The minimum Gasteiger partial charge on any atom is -0.338 e. The number of hydrogen-bond donors (Lipinski definition) is 0.